The Balaban J connectivity index is 1.36. The van der Waals surface area contributed by atoms with Gasteiger partial charge in [0.2, 0.25) is 17.7 Å². The molecule has 2 aromatic carbocycles. The Morgan fingerprint density at radius 3 is 2.65 bits per heavy atom. The van der Waals surface area contributed by atoms with E-state index in [-0.39, 0.29) is 41.4 Å². The number of carbonyl (C=O) groups is 5. The number of benzene rings is 2. The maximum atomic E-state index is 13.3. The van der Waals surface area contributed by atoms with Crippen LogP contribution < -0.4 is 30.7 Å². The number of imide groups is 2. The Labute approximate surface area is 278 Å². The second-order valence-electron chi connectivity index (χ2n) is 11.7. The molecule has 5 rings (SSSR count). The van der Waals surface area contributed by atoms with Crippen molar-refractivity contribution in [3.8, 4) is 11.5 Å². The van der Waals surface area contributed by atoms with Crippen molar-refractivity contribution in [2.75, 3.05) is 30.1 Å². The molecule has 0 spiro atoms. The van der Waals surface area contributed by atoms with Gasteiger partial charge in [-0.05, 0) is 63.1 Å². The van der Waals surface area contributed by atoms with Gasteiger partial charge in [0.05, 0.1) is 35.7 Å². The third kappa shape index (κ3) is 6.57. The smallest absolute Gasteiger partial charge is 0.264 e. The molecule has 48 heavy (non-hydrogen) atoms. The largest absolute Gasteiger partial charge is 0.493 e. The van der Waals surface area contributed by atoms with Gasteiger partial charge < -0.3 is 25.4 Å². The predicted octanol–water partition coefficient (Wildman–Crippen LogP) is 4.23. The maximum Gasteiger partial charge on any atom is 0.264 e. The van der Waals surface area contributed by atoms with Gasteiger partial charge in [-0.25, -0.2) is 4.98 Å². The van der Waals surface area contributed by atoms with Crippen molar-refractivity contribution in [1.82, 2.24) is 15.2 Å². The lowest BCUT2D eigenvalue weighted by molar-refractivity contribution is -0.136. The van der Waals surface area contributed by atoms with Crippen molar-refractivity contribution in [2.24, 2.45) is 0 Å². The third-order valence-electron chi connectivity index (χ3n) is 8.05. The van der Waals surface area contributed by atoms with Gasteiger partial charge in [-0.15, -0.1) is 0 Å². The molecule has 1 atom stereocenters. The molecule has 1 saturated heterocycles. The number of piperidine rings is 1. The zero-order valence-electron chi connectivity index (χ0n) is 27.5. The highest BCUT2D eigenvalue weighted by molar-refractivity contribution is 6.26. The highest BCUT2D eigenvalue weighted by atomic mass is 16.5. The molecule has 4 N–H and O–H groups in total. The number of amides is 5. The molecule has 0 saturated carbocycles. The molecule has 13 heteroatoms. The molecule has 0 aliphatic carbocycles. The van der Waals surface area contributed by atoms with Crippen LogP contribution in [0.15, 0.2) is 48.7 Å². The van der Waals surface area contributed by atoms with Crippen LogP contribution in [-0.2, 0) is 20.8 Å². The number of rotatable bonds is 11. The first-order valence-corrected chi connectivity index (χ1v) is 15.6. The van der Waals surface area contributed by atoms with Crippen molar-refractivity contribution in [3.63, 3.8) is 0 Å². The molecule has 3 heterocycles. The molecule has 3 aromatic rings. The molecular formula is C35H38N6O7. The van der Waals surface area contributed by atoms with Crippen molar-refractivity contribution >= 4 is 58.5 Å². The summed E-state index contributed by atoms with van der Waals surface area (Å²) >= 11 is 0. The van der Waals surface area contributed by atoms with Gasteiger partial charge in [0.1, 0.15) is 11.9 Å². The zero-order chi connectivity index (χ0) is 34.7. The fourth-order valence-corrected chi connectivity index (χ4v) is 5.79. The Morgan fingerprint density at radius 1 is 1.19 bits per heavy atom. The Bertz CT molecular complexity index is 1840. The standard InChI is InChI=1S/C35H38N6O7/c1-6-8-21-17-22(18-26(47-5)31(21)48-19(2)3)40(4)32-20(9-7-16-37-32)10-14-27(42)38-24-12-11-23-29(30(24)36)35(46)41(34(23)45)25-13-15-28(43)39-33(25)44/h7,9-12,14,16-19,25H,6,8,13,15,36H2,1-5H3,(H,38,42)(H,39,43,44)/b14-10+. The molecule has 1 unspecified atom stereocenters. The number of aryl methyl sites for hydroxylation is 1. The normalized spacial score (nSPS) is 16.0. The minimum atomic E-state index is -1.13. The minimum absolute atomic E-state index is 0.00496. The van der Waals surface area contributed by atoms with Crippen LogP contribution in [0, 0.1) is 0 Å². The van der Waals surface area contributed by atoms with E-state index in [9.17, 15) is 24.0 Å². The fraction of sp³-hybridized carbons (Fsp3) is 0.314. The van der Waals surface area contributed by atoms with Crippen LogP contribution in [0.25, 0.3) is 6.08 Å². The van der Waals surface area contributed by atoms with E-state index < -0.39 is 35.6 Å². The summed E-state index contributed by atoms with van der Waals surface area (Å²) in [6.45, 7) is 6.03. The van der Waals surface area contributed by atoms with E-state index in [1.807, 2.05) is 44.0 Å². The molecule has 13 nitrogen and oxygen atoms in total. The highest BCUT2D eigenvalue weighted by Gasteiger charge is 2.45. The van der Waals surface area contributed by atoms with Crippen molar-refractivity contribution in [3.05, 3.63) is 70.9 Å². The van der Waals surface area contributed by atoms with E-state index in [1.54, 1.807) is 25.4 Å². The number of nitrogens with one attached hydrogen (secondary N) is 2. The average molecular weight is 655 g/mol. The lowest BCUT2D eigenvalue weighted by Gasteiger charge is -2.27. The van der Waals surface area contributed by atoms with Crippen LogP contribution in [0.4, 0.5) is 22.9 Å². The number of nitrogens with two attached hydrogens (primary N) is 1. The number of carbonyl (C=O) groups excluding carboxylic acids is 5. The van der Waals surface area contributed by atoms with Crippen LogP contribution in [0.5, 0.6) is 11.5 Å². The van der Waals surface area contributed by atoms with Gasteiger partial charge >= 0.3 is 0 Å². The second kappa shape index (κ2) is 14.0. The Morgan fingerprint density at radius 2 is 1.96 bits per heavy atom. The highest BCUT2D eigenvalue weighted by Crippen LogP contribution is 2.40. The summed E-state index contributed by atoms with van der Waals surface area (Å²) in [6, 6.07) is 9.18. The molecule has 1 aromatic heterocycles. The minimum Gasteiger partial charge on any atom is -0.493 e. The summed E-state index contributed by atoms with van der Waals surface area (Å²) in [6.07, 6.45) is 6.26. The number of pyridine rings is 1. The van der Waals surface area contributed by atoms with Crippen molar-refractivity contribution in [2.45, 2.75) is 58.6 Å². The van der Waals surface area contributed by atoms with Gasteiger partial charge in [0, 0.05) is 48.6 Å². The number of hydrogen-bond acceptors (Lipinski definition) is 10. The number of hydrogen-bond donors (Lipinski definition) is 3. The maximum absolute atomic E-state index is 13.3. The van der Waals surface area contributed by atoms with Crippen LogP contribution in [0.2, 0.25) is 0 Å². The number of nitrogen functional groups attached to an aromatic ring is 1. The Hall–Kier alpha value is -5.72. The lowest BCUT2D eigenvalue weighted by Crippen LogP contribution is -2.54. The SMILES string of the molecule is CCCc1cc(N(C)c2ncccc2/C=C/C(=O)Nc2ccc3c(c2N)C(=O)N(C2CCC(=O)NC2=O)C3=O)cc(OC)c1OC(C)C. The fourth-order valence-electron chi connectivity index (χ4n) is 5.79. The number of methoxy groups -OCH3 is 1. The Kier molecular flexibility index (Phi) is 9.78. The predicted molar refractivity (Wildman–Crippen MR) is 180 cm³/mol. The molecule has 250 valence electrons. The van der Waals surface area contributed by atoms with E-state index in [2.05, 4.69) is 22.5 Å². The lowest BCUT2D eigenvalue weighted by atomic mass is 10.0. The monoisotopic (exact) mass is 654 g/mol. The van der Waals surface area contributed by atoms with Crippen LogP contribution in [0.3, 0.4) is 0 Å². The van der Waals surface area contributed by atoms with E-state index in [4.69, 9.17) is 15.2 Å². The van der Waals surface area contributed by atoms with Crippen molar-refractivity contribution in [1.29, 1.82) is 0 Å². The molecule has 1 fully saturated rings. The first kappa shape index (κ1) is 33.6. The molecule has 0 radical (unpaired) electrons. The molecule has 2 aliphatic rings. The van der Waals surface area contributed by atoms with E-state index >= 15 is 0 Å². The van der Waals surface area contributed by atoms with Crippen LogP contribution in [-0.4, -0.2) is 65.7 Å². The number of aromatic nitrogens is 1. The topological polar surface area (TPSA) is 173 Å². The van der Waals surface area contributed by atoms with Gasteiger partial charge in [0.25, 0.3) is 11.8 Å². The summed E-state index contributed by atoms with van der Waals surface area (Å²) in [5.74, 6) is -1.29. The first-order valence-electron chi connectivity index (χ1n) is 15.6. The van der Waals surface area contributed by atoms with Gasteiger partial charge in [-0.2, -0.15) is 0 Å². The van der Waals surface area contributed by atoms with Gasteiger partial charge in [-0.3, -0.25) is 34.2 Å². The number of anilines is 4. The van der Waals surface area contributed by atoms with Crippen LogP contribution >= 0.6 is 0 Å². The quantitative estimate of drug-likeness (QED) is 0.154. The summed E-state index contributed by atoms with van der Waals surface area (Å²) in [5, 5.41) is 4.83. The van der Waals surface area contributed by atoms with Crippen molar-refractivity contribution < 1.29 is 33.4 Å². The first-order chi connectivity index (χ1) is 22.9. The second-order valence-corrected chi connectivity index (χ2v) is 11.7. The zero-order valence-corrected chi connectivity index (χ0v) is 27.5. The summed E-state index contributed by atoms with van der Waals surface area (Å²) < 4.78 is 11.8. The molecule has 5 amide bonds. The summed E-state index contributed by atoms with van der Waals surface area (Å²) in [4.78, 5) is 70.7. The molecule has 0 bridgehead atoms. The van der Waals surface area contributed by atoms with Gasteiger partial charge in [-0.1, -0.05) is 13.3 Å². The number of fused-ring (bicyclic) bond motifs is 1. The van der Waals surface area contributed by atoms with E-state index in [1.165, 1.54) is 18.2 Å². The molecule has 2 aliphatic heterocycles. The summed E-state index contributed by atoms with van der Waals surface area (Å²) in [5.41, 5.74) is 8.69. The molecular weight excluding hydrogens is 616 g/mol. The average Bonchev–Trinajstić information content (AvgIpc) is 3.31. The van der Waals surface area contributed by atoms with Crippen LogP contribution in [0.1, 0.15) is 71.9 Å². The van der Waals surface area contributed by atoms with E-state index in [0.717, 1.165) is 29.0 Å². The number of ether oxygens (including phenoxy) is 2. The van der Waals surface area contributed by atoms with Gasteiger partial charge in [0.15, 0.2) is 11.5 Å². The summed E-state index contributed by atoms with van der Waals surface area (Å²) in [7, 11) is 3.47. The van der Waals surface area contributed by atoms with E-state index in [0.29, 0.717) is 22.9 Å². The number of nitrogens with zero attached hydrogens (tertiary/aromatic N) is 3. The third-order valence-corrected chi connectivity index (χ3v) is 8.05.